The molecule has 1 aliphatic heterocycles. The lowest BCUT2D eigenvalue weighted by Gasteiger charge is -2.26. The molecule has 13 heavy (non-hydrogen) atoms. The van der Waals surface area contributed by atoms with Crippen LogP contribution in [0.15, 0.2) is 11.8 Å². The van der Waals surface area contributed by atoms with E-state index in [4.69, 9.17) is 5.73 Å². The lowest BCUT2D eigenvalue weighted by molar-refractivity contribution is 0.338. The van der Waals surface area contributed by atoms with Crippen molar-refractivity contribution in [1.82, 2.24) is 4.90 Å². The van der Waals surface area contributed by atoms with E-state index in [2.05, 4.69) is 18.0 Å². The Labute approximate surface area is 81.8 Å². The van der Waals surface area contributed by atoms with Crippen LogP contribution in [0.2, 0.25) is 0 Å². The van der Waals surface area contributed by atoms with Crippen LogP contribution in [0.5, 0.6) is 0 Å². The van der Waals surface area contributed by atoms with E-state index in [1.165, 1.54) is 50.8 Å². The Morgan fingerprint density at radius 2 is 2.31 bits per heavy atom. The van der Waals surface area contributed by atoms with Gasteiger partial charge in [0.15, 0.2) is 0 Å². The van der Waals surface area contributed by atoms with Gasteiger partial charge in [0.25, 0.3) is 0 Å². The average molecular weight is 182 g/mol. The molecule has 0 unspecified atom stereocenters. The fourth-order valence-corrected chi connectivity index (χ4v) is 1.79. The van der Waals surface area contributed by atoms with Crippen molar-refractivity contribution in [2.24, 2.45) is 5.73 Å². The molecule has 1 rings (SSSR count). The van der Waals surface area contributed by atoms with E-state index in [9.17, 15) is 0 Å². The monoisotopic (exact) mass is 182 g/mol. The van der Waals surface area contributed by atoms with Crippen LogP contribution in [-0.2, 0) is 0 Å². The number of rotatable bonds is 5. The van der Waals surface area contributed by atoms with Crippen molar-refractivity contribution in [3.8, 4) is 0 Å². The fourth-order valence-electron chi connectivity index (χ4n) is 1.79. The van der Waals surface area contributed by atoms with Gasteiger partial charge in [-0.3, -0.25) is 0 Å². The highest BCUT2D eigenvalue weighted by Crippen LogP contribution is 2.13. The van der Waals surface area contributed by atoms with Gasteiger partial charge in [0.2, 0.25) is 0 Å². The van der Waals surface area contributed by atoms with Gasteiger partial charge < -0.3 is 10.6 Å². The van der Waals surface area contributed by atoms with E-state index >= 15 is 0 Å². The molecule has 0 aromatic rings. The van der Waals surface area contributed by atoms with Gasteiger partial charge >= 0.3 is 0 Å². The third-order valence-corrected chi connectivity index (χ3v) is 2.62. The molecule has 0 atom stereocenters. The molecule has 0 aromatic heterocycles. The van der Waals surface area contributed by atoms with Crippen LogP contribution in [0.3, 0.4) is 0 Å². The molecule has 1 aliphatic rings. The minimum absolute atomic E-state index is 0.740. The topological polar surface area (TPSA) is 29.3 Å². The van der Waals surface area contributed by atoms with E-state index in [0.717, 1.165) is 6.54 Å². The van der Waals surface area contributed by atoms with E-state index in [0.29, 0.717) is 0 Å². The van der Waals surface area contributed by atoms with Gasteiger partial charge in [-0.25, -0.2) is 0 Å². The molecule has 0 aromatic carbocycles. The Kier molecular flexibility index (Phi) is 4.91. The standard InChI is InChI=1S/C11H22N2/c1-2-3-4-7-13-8-5-6-11(9-12)10-13/h10H,2-9,12H2,1H3. The van der Waals surface area contributed by atoms with Crippen molar-refractivity contribution in [3.05, 3.63) is 11.8 Å². The number of nitrogens with two attached hydrogens (primary N) is 1. The third kappa shape index (κ3) is 3.81. The summed E-state index contributed by atoms with van der Waals surface area (Å²) in [6, 6.07) is 0. The number of hydrogen-bond acceptors (Lipinski definition) is 2. The average Bonchev–Trinajstić information content (AvgIpc) is 2.19. The zero-order valence-electron chi connectivity index (χ0n) is 8.76. The molecule has 0 bridgehead atoms. The van der Waals surface area contributed by atoms with Crippen LogP contribution < -0.4 is 5.73 Å². The van der Waals surface area contributed by atoms with Crippen molar-refractivity contribution in [2.75, 3.05) is 19.6 Å². The summed E-state index contributed by atoms with van der Waals surface area (Å²) in [6.45, 7) is 5.44. The van der Waals surface area contributed by atoms with Crippen LogP contribution in [0.1, 0.15) is 39.0 Å². The maximum Gasteiger partial charge on any atom is 0.0175 e. The normalized spacial score (nSPS) is 17.4. The van der Waals surface area contributed by atoms with Crippen molar-refractivity contribution in [3.63, 3.8) is 0 Å². The van der Waals surface area contributed by atoms with E-state index < -0.39 is 0 Å². The largest absolute Gasteiger partial charge is 0.377 e. The van der Waals surface area contributed by atoms with Crippen LogP contribution in [0, 0.1) is 0 Å². The SMILES string of the molecule is CCCCCN1C=C(CN)CCC1. The first-order valence-corrected chi connectivity index (χ1v) is 5.50. The molecule has 2 nitrogen and oxygen atoms in total. The van der Waals surface area contributed by atoms with Crippen LogP contribution in [0.4, 0.5) is 0 Å². The summed E-state index contributed by atoms with van der Waals surface area (Å²) >= 11 is 0. The highest BCUT2D eigenvalue weighted by Gasteiger charge is 2.07. The second-order valence-corrected chi connectivity index (χ2v) is 3.84. The summed E-state index contributed by atoms with van der Waals surface area (Å²) in [4.78, 5) is 2.43. The molecule has 2 N–H and O–H groups in total. The molecule has 0 amide bonds. The molecular weight excluding hydrogens is 160 g/mol. The first-order chi connectivity index (χ1) is 6.36. The van der Waals surface area contributed by atoms with Crippen LogP contribution in [-0.4, -0.2) is 24.5 Å². The minimum Gasteiger partial charge on any atom is -0.377 e. The highest BCUT2D eigenvalue weighted by atomic mass is 15.1. The van der Waals surface area contributed by atoms with Gasteiger partial charge in [-0.2, -0.15) is 0 Å². The predicted molar refractivity (Wildman–Crippen MR) is 57.5 cm³/mol. The lowest BCUT2D eigenvalue weighted by Crippen LogP contribution is -2.25. The summed E-state index contributed by atoms with van der Waals surface area (Å²) < 4.78 is 0. The molecule has 76 valence electrons. The van der Waals surface area contributed by atoms with Gasteiger partial charge in [-0.1, -0.05) is 19.8 Å². The second kappa shape index (κ2) is 6.03. The highest BCUT2D eigenvalue weighted by molar-refractivity contribution is 5.05. The van der Waals surface area contributed by atoms with Gasteiger partial charge in [0, 0.05) is 19.6 Å². The summed E-state index contributed by atoms with van der Waals surface area (Å²) in [7, 11) is 0. The number of nitrogens with zero attached hydrogens (tertiary/aromatic N) is 1. The summed E-state index contributed by atoms with van der Waals surface area (Å²) in [5.74, 6) is 0. The maximum atomic E-state index is 5.63. The van der Waals surface area contributed by atoms with Crippen molar-refractivity contribution < 1.29 is 0 Å². The van der Waals surface area contributed by atoms with E-state index in [-0.39, 0.29) is 0 Å². The van der Waals surface area contributed by atoms with Gasteiger partial charge in [0.1, 0.15) is 0 Å². The predicted octanol–water partition coefficient (Wildman–Crippen LogP) is 2.12. The zero-order chi connectivity index (χ0) is 9.52. The lowest BCUT2D eigenvalue weighted by atomic mass is 10.1. The fraction of sp³-hybridized carbons (Fsp3) is 0.818. The molecule has 0 fully saturated rings. The molecule has 0 aliphatic carbocycles. The molecule has 2 heteroatoms. The Balaban J connectivity index is 2.25. The first-order valence-electron chi connectivity index (χ1n) is 5.50. The number of hydrogen-bond donors (Lipinski definition) is 1. The van der Waals surface area contributed by atoms with Gasteiger partial charge in [-0.05, 0) is 31.0 Å². The Morgan fingerprint density at radius 1 is 1.46 bits per heavy atom. The van der Waals surface area contributed by atoms with Crippen molar-refractivity contribution in [1.29, 1.82) is 0 Å². The summed E-state index contributed by atoms with van der Waals surface area (Å²) in [6.07, 6.45) is 8.75. The molecule has 0 radical (unpaired) electrons. The maximum absolute atomic E-state index is 5.63. The summed E-state index contributed by atoms with van der Waals surface area (Å²) in [5.41, 5.74) is 7.04. The molecule has 0 saturated heterocycles. The molecule has 1 heterocycles. The molecule has 0 saturated carbocycles. The van der Waals surface area contributed by atoms with Crippen molar-refractivity contribution >= 4 is 0 Å². The van der Waals surface area contributed by atoms with Crippen LogP contribution >= 0.6 is 0 Å². The first kappa shape index (κ1) is 10.6. The summed E-state index contributed by atoms with van der Waals surface area (Å²) in [5, 5.41) is 0. The second-order valence-electron chi connectivity index (χ2n) is 3.84. The quantitative estimate of drug-likeness (QED) is 0.660. The Morgan fingerprint density at radius 3 is 3.00 bits per heavy atom. The van der Waals surface area contributed by atoms with Gasteiger partial charge in [-0.15, -0.1) is 0 Å². The third-order valence-electron chi connectivity index (χ3n) is 2.62. The van der Waals surface area contributed by atoms with Crippen molar-refractivity contribution in [2.45, 2.75) is 39.0 Å². The smallest absolute Gasteiger partial charge is 0.0175 e. The Bertz CT molecular complexity index is 163. The molecule has 0 spiro atoms. The van der Waals surface area contributed by atoms with E-state index in [1.54, 1.807) is 0 Å². The zero-order valence-corrected chi connectivity index (χ0v) is 8.76. The van der Waals surface area contributed by atoms with Gasteiger partial charge in [0.05, 0.1) is 0 Å². The van der Waals surface area contributed by atoms with E-state index in [1.807, 2.05) is 0 Å². The molecular formula is C11H22N2. The Hall–Kier alpha value is -0.500. The number of unbranched alkanes of at least 4 members (excludes halogenated alkanes) is 2. The minimum atomic E-state index is 0.740. The van der Waals surface area contributed by atoms with Crippen LogP contribution in [0.25, 0.3) is 0 Å².